The van der Waals surface area contributed by atoms with Gasteiger partial charge in [-0.1, -0.05) is 36.4 Å². The van der Waals surface area contributed by atoms with Crippen molar-refractivity contribution in [3.8, 4) is 16.9 Å². The van der Waals surface area contributed by atoms with E-state index in [4.69, 9.17) is 4.99 Å². The first-order valence-electron chi connectivity index (χ1n) is 9.45. The second-order valence-electron chi connectivity index (χ2n) is 6.80. The molecule has 4 aromatic rings. The van der Waals surface area contributed by atoms with Crippen LogP contribution in [0.1, 0.15) is 5.69 Å². The molecule has 0 N–H and O–H groups in total. The van der Waals surface area contributed by atoms with Crippen LogP contribution >= 0.6 is 11.3 Å². The van der Waals surface area contributed by atoms with Gasteiger partial charge in [0.05, 0.1) is 17.1 Å². The number of allylic oxidation sites excluding steroid dienone is 1. The average Bonchev–Trinajstić information content (AvgIpc) is 3.23. The lowest BCUT2D eigenvalue weighted by Gasteiger charge is -2.07. The molecule has 2 heterocycles. The molecule has 0 saturated heterocycles. The fraction of sp³-hybridized carbons (Fsp3) is 0.130. The molecule has 7 heteroatoms. The van der Waals surface area contributed by atoms with E-state index in [0.29, 0.717) is 28.3 Å². The van der Waals surface area contributed by atoms with E-state index in [-0.39, 0.29) is 11.4 Å². The minimum absolute atomic E-state index is 0.202. The summed E-state index contributed by atoms with van der Waals surface area (Å²) in [4.78, 5) is 18.5. The molecule has 0 aliphatic carbocycles. The van der Waals surface area contributed by atoms with Crippen LogP contribution < -0.4 is 10.4 Å². The number of para-hydroxylation sites is 1. The van der Waals surface area contributed by atoms with Crippen LogP contribution in [0.2, 0.25) is 0 Å². The minimum atomic E-state index is -0.304. The van der Waals surface area contributed by atoms with E-state index in [2.05, 4.69) is 6.58 Å². The molecule has 0 spiro atoms. The van der Waals surface area contributed by atoms with Gasteiger partial charge in [0.2, 0.25) is 0 Å². The van der Waals surface area contributed by atoms with Crippen LogP contribution in [-0.4, -0.2) is 13.9 Å². The van der Waals surface area contributed by atoms with E-state index in [0.717, 1.165) is 11.4 Å². The molecule has 4 rings (SSSR count). The third kappa shape index (κ3) is 3.37. The van der Waals surface area contributed by atoms with Gasteiger partial charge >= 0.3 is 0 Å². The molecule has 2 aromatic heterocycles. The van der Waals surface area contributed by atoms with Crippen molar-refractivity contribution < 1.29 is 4.39 Å². The molecule has 0 aliphatic rings. The second-order valence-corrected chi connectivity index (χ2v) is 7.64. The maximum absolute atomic E-state index is 14.4. The Morgan fingerprint density at radius 2 is 1.83 bits per heavy atom. The molecule has 0 unspecified atom stereocenters. The lowest BCUT2D eigenvalue weighted by molar-refractivity contribution is 0.628. The second kappa shape index (κ2) is 8.12. The fourth-order valence-electron chi connectivity index (χ4n) is 3.39. The topological polar surface area (TPSA) is 44.2 Å². The highest BCUT2D eigenvalue weighted by molar-refractivity contribution is 7.07. The van der Waals surface area contributed by atoms with Gasteiger partial charge in [-0.2, -0.15) is 0 Å². The van der Waals surface area contributed by atoms with Crippen molar-refractivity contribution >= 4 is 17.0 Å². The SMILES string of the molecule is C=CCn1c(-c2ccccc2F)csc1=Nc1c(C)n(C)n(-c2ccccc2)c1=O. The van der Waals surface area contributed by atoms with Crippen molar-refractivity contribution in [2.45, 2.75) is 13.5 Å². The lowest BCUT2D eigenvalue weighted by atomic mass is 10.1. The Kier molecular flexibility index (Phi) is 5.37. The lowest BCUT2D eigenvalue weighted by Crippen LogP contribution is -2.20. The Bertz CT molecular complexity index is 1340. The van der Waals surface area contributed by atoms with E-state index in [9.17, 15) is 9.18 Å². The molecule has 0 radical (unpaired) electrons. The van der Waals surface area contributed by atoms with Gasteiger partial charge in [-0.25, -0.2) is 14.1 Å². The summed E-state index contributed by atoms with van der Waals surface area (Å²) < 4.78 is 19.6. The quantitative estimate of drug-likeness (QED) is 0.436. The van der Waals surface area contributed by atoms with Gasteiger partial charge in [-0.05, 0) is 31.2 Å². The minimum Gasteiger partial charge on any atom is -0.312 e. The van der Waals surface area contributed by atoms with Crippen molar-refractivity contribution in [2.24, 2.45) is 12.0 Å². The molecular formula is C23H21FN4OS. The van der Waals surface area contributed by atoms with E-state index in [1.807, 2.05) is 54.3 Å². The standard InChI is InChI=1S/C23H21FN4OS/c1-4-14-27-20(18-12-8-9-13-19(18)24)15-30-23(27)25-21-16(2)26(3)28(22(21)29)17-10-6-5-7-11-17/h4-13,15H,1,14H2,2-3H3. The summed E-state index contributed by atoms with van der Waals surface area (Å²) in [5.41, 5.74) is 2.87. The summed E-state index contributed by atoms with van der Waals surface area (Å²) in [7, 11) is 1.83. The van der Waals surface area contributed by atoms with Gasteiger partial charge < -0.3 is 4.57 Å². The fourth-order valence-corrected chi connectivity index (χ4v) is 4.30. The number of rotatable bonds is 5. The van der Waals surface area contributed by atoms with Gasteiger partial charge in [0.1, 0.15) is 5.82 Å². The number of hydrogen-bond donors (Lipinski definition) is 0. The van der Waals surface area contributed by atoms with Crippen molar-refractivity contribution in [1.29, 1.82) is 0 Å². The zero-order valence-corrected chi connectivity index (χ0v) is 17.6. The molecule has 2 aromatic carbocycles. The number of thiazole rings is 1. The molecule has 0 amide bonds. The highest BCUT2D eigenvalue weighted by Crippen LogP contribution is 2.24. The van der Waals surface area contributed by atoms with Gasteiger partial charge in [0.25, 0.3) is 5.56 Å². The summed E-state index contributed by atoms with van der Waals surface area (Å²) in [5, 5.41) is 1.86. The number of halogens is 1. The summed E-state index contributed by atoms with van der Waals surface area (Å²) in [6.07, 6.45) is 1.73. The molecular weight excluding hydrogens is 399 g/mol. The molecule has 5 nitrogen and oxygen atoms in total. The van der Waals surface area contributed by atoms with Crippen LogP contribution in [0, 0.1) is 12.7 Å². The van der Waals surface area contributed by atoms with E-state index in [1.165, 1.54) is 17.4 Å². The Balaban J connectivity index is 1.93. The van der Waals surface area contributed by atoms with E-state index in [1.54, 1.807) is 33.6 Å². The van der Waals surface area contributed by atoms with Crippen molar-refractivity contribution in [2.75, 3.05) is 0 Å². The van der Waals surface area contributed by atoms with Crippen molar-refractivity contribution in [3.63, 3.8) is 0 Å². The molecule has 0 aliphatic heterocycles. The third-order valence-electron chi connectivity index (χ3n) is 4.99. The van der Waals surface area contributed by atoms with Gasteiger partial charge in [-0.3, -0.25) is 9.48 Å². The van der Waals surface area contributed by atoms with Crippen LogP contribution in [0.4, 0.5) is 10.1 Å². The zero-order chi connectivity index (χ0) is 21.3. The van der Waals surface area contributed by atoms with Crippen molar-refractivity contribution in [1.82, 2.24) is 13.9 Å². The van der Waals surface area contributed by atoms with Crippen LogP contribution in [0.5, 0.6) is 0 Å². The number of nitrogens with zero attached hydrogens (tertiary/aromatic N) is 4. The Hall–Kier alpha value is -3.45. The predicted octanol–water partition coefficient (Wildman–Crippen LogP) is 4.57. The Morgan fingerprint density at radius 3 is 2.53 bits per heavy atom. The highest BCUT2D eigenvalue weighted by atomic mass is 32.1. The zero-order valence-electron chi connectivity index (χ0n) is 16.7. The predicted molar refractivity (Wildman–Crippen MR) is 119 cm³/mol. The first kappa shape index (κ1) is 19.8. The maximum Gasteiger partial charge on any atom is 0.297 e. The van der Waals surface area contributed by atoms with E-state index < -0.39 is 0 Å². The molecule has 30 heavy (non-hydrogen) atoms. The molecule has 0 saturated carbocycles. The van der Waals surface area contributed by atoms with Crippen LogP contribution in [0.3, 0.4) is 0 Å². The van der Waals surface area contributed by atoms with Crippen molar-refractivity contribution in [3.05, 3.63) is 99.3 Å². The molecule has 0 atom stereocenters. The largest absolute Gasteiger partial charge is 0.312 e. The van der Waals surface area contributed by atoms with Gasteiger partial charge in [0, 0.05) is 24.5 Å². The first-order valence-corrected chi connectivity index (χ1v) is 10.3. The van der Waals surface area contributed by atoms with Crippen LogP contribution in [0.15, 0.2) is 82.4 Å². The number of benzene rings is 2. The Labute approximate surface area is 177 Å². The first-order chi connectivity index (χ1) is 14.5. The molecule has 152 valence electrons. The van der Waals surface area contributed by atoms with Crippen LogP contribution in [-0.2, 0) is 13.6 Å². The highest BCUT2D eigenvalue weighted by Gasteiger charge is 2.17. The van der Waals surface area contributed by atoms with Gasteiger partial charge in [0.15, 0.2) is 10.5 Å². The number of hydrogen-bond acceptors (Lipinski definition) is 3. The van der Waals surface area contributed by atoms with E-state index >= 15 is 0 Å². The molecule has 0 fully saturated rings. The Morgan fingerprint density at radius 1 is 1.13 bits per heavy atom. The normalized spacial score (nSPS) is 11.8. The van der Waals surface area contributed by atoms with Gasteiger partial charge in [-0.15, -0.1) is 17.9 Å². The third-order valence-corrected chi connectivity index (χ3v) is 5.85. The molecule has 0 bridgehead atoms. The average molecular weight is 421 g/mol. The monoisotopic (exact) mass is 420 g/mol. The summed E-state index contributed by atoms with van der Waals surface area (Å²) in [6.45, 7) is 6.13. The summed E-state index contributed by atoms with van der Waals surface area (Å²) >= 11 is 1.37. The summed E-state index contributed by atoms with van der Waals surface area (Å²) in [6, 6.07) is 16.1. The summed E-state index contributed by atoms with van der Waals surface area (Å²) in [5.74, 6) is -0.304. The number of aromatic nitrogens is 3. The van der Waals surface area contributed by atoms with Crippen LogP contribution in [0.25, 0.3) is 16.9 Å². The smallest absolute Gasteiger partial charge is 0.297 e. The maximum atomic E-state index is 14.4.